The number of guanidine groups is 1. The predicted molar refractivity (Wildman–Crippen MR) is 108 cm³/mol. The van der Waals surface area contributed by atoms with Gasteiger partial charge in [0.05, 0.1) is 16.8 Å². The second-order valence-electron chi connectivity index (χ2n) is 6.17. The molecule has 2 aromatic rings. The Morgan fingerprint density at radius 3 is 2.71 bits per heavy atom. The van der Waals surface area contributed by atoms with Crippen LogP contribution in [0.4, 0.5) is 5.69 Å². The van der Waals surface area contributed by atoms with Gasteiger partial charge in [-0.15, -0.1) is 12.4 Å². The van der Waals surface area contributed by atoms with Crippen LogP contribution in [0.1, 0.15) is 19.3 Å². The number of halogens is 2. The number of rotatable bonds is 4. The molecule has 1 aliphatic heterocycles. The van der Waals surface area contributed by atoms with Crippen molar-refractivity contribution in [2.24, 2.45) is 5.73 Å². The minimum absolute atomic E-state index is 0. The van der Waals surface area contributed by atoms with Gasteiger partial charge in [0.15, 0.2) is 0 Å². The molecule has 0 bridgehead atoms. The zero-order chi connectivity index (χ0) is 19.8. The molecule has 3 rings (SSSR count). The summed E-state index contributed by atoms with van der Waals surface area (Å²) in [5.41, 5.74) is 5.73. The average Bonchev–Trinajstić information content (AvgIpc) is 2.66. The summed E-state index contributed by atoms with van der Waals surface area (Å²) in [4.78, 5) is 15.5. The largest absolute Gasteiger partial charge is 0.480 e. The van der Waals surface area contributed by atoms with E-state index in [9.17, 15) is 18.3 Å². The van der Waals surface area contributed by atoms with Gasteiger partial charge < -0.3 is 10.8 Å². The van der Waals surface area contributed by atoms with Crippen LogP contribution in [0, 0.1) is 5.41 Å². The number of piperidine rings is 1. The van der Waals surface area contributed by atoms with Gasteiger partial charge in [-0.2, -0.15) is 4.31 Å². The summed E-state index contributed by atoms with van der Waals surface area (Å²) in [6.07, 6.45) is 4.45. The fraction of sp³-hybridized carbons (Fsp3) is 0.312. The molecule has 0 amide bonds. The molecule has 0 unspecified atom stereocenters. The number of aliphatic carboxylic acids is 1. The van der Waals surface area contributed by atoms with Gasteiger partial charge in [0.2, 0.25) is 16.0 Å². The van der Waals surface area contributed by atoms with Crippen molar-refractivity contribution in [2.45, 2.75) is 30.2 Å². The number of benzene rings is 1. The van der Waals surface area contributed by atoms with Gasteiger partial charge in [-0.1, -0.05) is 6.07 Å². The monoisotopic (exact) mass is 447 g/mol. The summed E-state index contributed by atoms with van der Waals surface area (Å²) >= 11 is 5.98. The van der Waals surface area contributed by atoms with Crippen LogP contribution in [0.3, 0.4) is 0 Å². The van der Waals surface area contributed by atoms with Crippen molar-refractivity contribution in [3.05, 3.63) is 30.6 Å². The van der Waals surface area contributed by atoms with Crippen molar-refractivity contribution < 1.29 is 18.3 Å². The summed E-state index contributed by atoms with van der Waals surface area (Å²) in [7, 11) is -3.99. The van der Waals surface area contributed by atoms with Gasteiger partial charge >= 0.3 is 5.97 Å². The number of carbonyl (C=O) groups is 1. The number of nitrogens with zero attached hydrogens (tertiary/aromatic N) is 3. The Balaban J connectivity index is 0.00000280. The molecule has 1 fully saturated rings. The van der Waals surface area contributed by atoms with Crippen LogP contribution in [0.15, 0.2) is 35.5 Å². The molecular formula is C16H19Cl2N5O4S. The maximum absolute atomic E-state index is 13.0. The molecule has 1 aromatic heterocycles. The quantitative estimate of drug-likeness (QED) is 0.370. The molecule has 0 aliphatic carbocycles. The number of hydrogen-bond acceptors (Lipinski definition) is 5. The van der Waals surface area contributed by atoms with E-state index in [0.717, 1.165) is 8.72 Å². The first-order valence-electron chi connectivity index (χ1n) is 8.16. The van der Waals surface area contributed by atoms with E-state index < -0.39 is 28.0 Å². The number of pyridine rings is 1. The topological polar surface area (TPSA) is 141 Å². The van der Waals surface area contributed by atoms with Gasteiger partial charge in [-0.3, -0.25) is 15.2 Å². The molecule has 1 aromatic carbocycles. The molecule has 0 radical (unpaired) electrons. The molecule has 152 valence electrons. The van der Waals surface area contributed by atoms with Crippen molar-refractivity contribution in [1.29, 1.82) is 5.41 Å². The second-order valence-corrected chi connectivity index (χ2v) is 8.40. The van der Waals surface area contributed by atoms with Crippen LogP contribution in [0.2, 0.25) is 0 Å². The Labute approximate surface area is 173 Å². The average molecular weight is 448 g/mol. The van der Waals surface area contributed by atoms with E-state index in [4.69, 9.17) is 22.9 Å². The standard InChI is InChI=1S/C16H18ClN5O4S.ClH/c17-22(16(18)19)14-9-20-8-10-7-11(4-5-12(10)14)27(25,26)21-6-2-1-3-13(21)15(23)24;/h4-5,7-9,13H,1-3,6H2,(H3,18,19)(H,23,24);1H/t13-;/m1./s1. The SMILES string of the molecule is Cl.N=C(N)N(Cl)c1cncc2cc(S(=O)(=O)N3CCCC[C@@H]3C(=O)O)ccc12. The van der Waals surface area contributed by atoms with E-state index in [1.54, 1.807) is 0 Å². The lowest BCUT2D eigenvalue weighted by molar-refractivity contribution is -0.142. The third-order valence-corrected chi connectivity index (χ3v) is 6.75. The van der Waals surface area contributed by atoms with E-state index in [1.165, 1.54) is 30.6 Å². The summed E-state index contributed by atoms with van der Waals surface area (Å²) in [6.45, 7) is 0.162. The van der Waals surface area contributed by atoms with Crippen molar-refractivity contribution in [2.75, 3.05) is 11.0 Å². The molecular weight excluding hydrogens is 429 g/mol. The van der Waals surface area contributed by atoms with Crippen molar-refractivity contribution in [3.63, 3.8) is 0 Å². The first kappa shape index (κ1) is 22.2. The number of fused-ring (bicyclic) bond motifs is 1. The first-order chi connectivity index (χ1) is 12.7. The van der Waals surface area contributed by atoms with Gasteiger partial charge in [0, 0.05) is 35.3 Å². The van der Waals surface area contributed by atoms with Crippen LogP contribution >= 0.6 is 24.2 Å². The van der Waals surface area contributed by atoms with E-state index >= 15 is 0 Å². The highest BCUT2D eigenvalue weighted by Crippen LogP contribution is 2.31. The third kappa shape index (κ3) is 4.00. The fourth-order valence-corrected chi connectivity index (χ4v) is 4.98. The van der Waals surface area contributed by atoms with E-state index in [2.05, 4.69) is 4.98 Å². The van der Waals surface area contributed by atoms with Crippen LogP contribution < -0.4 is 10.2 Å². The number of anilines is 1. The number of hydrogen-bond donors (Lipinski definition) is 3. The number of carboxylic acids is 1. The molecule has 0 spiro atoms. The Kier molecular flexibility index (Phi) is 6.71. The summed E-state index contributed by atoms with van der Waals surface area (Å²) in [5, 5.41) is 17.8. The normalized spacial score (nSPS) is 17.7. The summed E-state index contributed by atoms with van der Waals surface area (Å²) < 4.78 is 28.0. The van der Waals surface area contributed by atoms with Gasteiger partial charge in [-0.05, 0) is 31.4 Å². The van der Waals surface area contributed by atoms with Crippen LogP contribution in [0.5, 0.6) is 0 Å². The Hall–Kier alpha value is -2.14. The summed E-state index contributed by atoms with van der Waals surface area (Å²) in [6, 6.07) is 3.27. The molecule has 28 heavy (non-hydrogen) atoms. The number of nitrogens with one attached hydrogen (secondary N) is 1. The Morgan fingerprint density at radius 1 is 1.36 bits per heavy atom. The number of carboxylic acid groups (broad SMARTS) is 1. The molecule has 1 aliphatic rings. The molecule has 2 heterocycles. The van der Waals surface area contributed by atoms with E-state index in [1.807, 2.05) is 0 Å². The highest BCUT2D eigenvalue weighted by molar-refractivity contribution is 7.89. The van der Waals surface area contributed by atoms with Crippen LogP contribution in [0.25, 0.3) is 10.8 Å². The molecule has 1 atom stereocenters. The smallest absolute Gasteiger partial charge is 0.322 e. The fourth-order valence-electron chi connectivity index (χ4n) is 3.16. The molecule has 1 saturated heterocycles. The zero-order valence-corrected chi connectivity index (χ0v) is 17.0. The maximum atomic E-state index is 13.0. The number of aromatic nitrogens is 1. The highest BCUT2D eigenvalue weighted by Gasteiger charge is 2.37. The molecule has 12 heteroatoms. The van der Waals surface area contributed by atoms with Gasteiger partial charge in [-0.25, -0.2) is 12.8 Å². The molecule has 0 saturated carbocycles. The van der Waals surface area contributed by atoms with E-state index in [0.29, 0.717) is 29.3 Å². The van der Waals surface area contributed by atoms with Crippen molar-refractivity contribution in [3.8, 4) is 0 Å². The number of nitrogens with two attached hydrogens (primary N) is 1. The first-order valence-corrected chi connectivity index (χ1v) is 9.93. The Morgan fingerprint density at radius 2 is 2.07 bits per heavy atom. The number of sulfonamides is 1. The van der Waals surface area contributed by atoms with Crippen molar-refractivity contribution in [1.82, 2.24) is 9.29 Å². The molecule has 4 N–H and O–H groups in total. The lowest BCUT2D eigenvalue weighted by atomic mass is 10.1. The summed E-state index contributed by atoms with van der Waals surface area (Å²) in [5.74, 6) is -1.55. The maximum Gasteiger partial charge on any atom is 0.322 e. The van der Waals surface area contributed by atoms with Crippen LogP contribution in [-0.4, -0.2) is 47.3 Å². The highest BCUT2D eigenvalue weighted by atomic mass is 35.5. The minimum atomic E-state index is -3.99. The van der Waals surface area contributed by atoms with E-state index in [-0.39, 0.29) is 30.3 Å². The van der Waals surface area contributed by atoms with Gasteiger partial charge in [0.25, 0.3) is 0 Å². The lowest BCUT2D eigenvalue weighted by Crippen LogP contribution is -2.47. The molecule has 9 nitrogen and oxygen atoms in total. The van der Waals surface area contributed by atoms with Gasteiger partial charge in [0.1, 0.15) is 6.04 Å². The third-order valence-electron chi connectivity index (χ3n) is 4.48. The van der Waals surface area contributed by atoms with Crippen molar-refractivity contribution >= 4 is 62.6 Å². The lowest BCUT2D eigenvalue weighted by Gasteiger charge is -2.31. The Bertz CT molecular complexity index is 1020. The van der Waals surface area contributed by atoms with Crippen LogP contribution in [-0.2, 0) is 14.8 Å². The second kappa shape index (κ2) is 8.48. The minimum Gasteiger partial charge on any atom is -0.480 e. The predicted octanol–water partition coefficient (Wildman–Crippen LogP) is 2.14. The zero-order valence-electron chi connectivity index (χ0n) is 14.6.